The van der Waals surface area contributed by atoms with Gasteiger partial charge in [-0.1, -0.05) is 33.6 Å². The van der Waals surface area contributed by atoms with Gasteiger partial charge in [-0.15, -0.1) is 0 Å². The number of carbonyl (C=O) groups is 1. The molecule has 7 heteroatoms. The van der Waals surface area contributed by atoms with Crippen molar-refractivity contribution in [3.8, 4) is 17.2 Å². The minimum Gasteiger partial charge on any atom is -0.486 e. The quantitative estimate of drug-likeness (QED) is 0.747. The Bertz CT molecular complexity index is 804. The Morgan fingerprint density at radius 2 is 2.00 bits per heavy atom. The average Bonchev–Trinajstić information content (AvgIpc) is 2.60. The Balaban J connectivity index is 1.60. The number of hydrogen-bond acceptors (Lipinski definition) is 4. The van der Waals surface area contributed by atoms with Gasteiger partial charge in [0.1, 0.15) is 19.0 Å². The molecule has 2 aromatic rings. The second-order valence-corrected chi connectivity index (χ2v) is 7.34. The van der Waals surface area contributed by atoms with Crippen molar-refractivity contribution in [2.75, 3.05) is 19.8 Å². The summed E-state index contributed by atoms with van der Waals surface area (Å²) in [5.41, 5.74) is 1.79. The van der Waals surface area contributed by atoms with Gasteiger partial charge in [0.05, 0.1) is 11.1 Å². The van der Waals surface area contributed by atoms with E-state index in [4.69, 9.17) is 25.8 Å². The van der Waals surface area contributed by atoms with Crippen LogP contribution in [0.5, 0.6) is 17.2 Å². The third-order valence-electron chi connectivity index (χ3n) is 3.99. The number of rotatable bonds is 5. The Labute approximate surface area is 165 Å². The summed E-state index contributed by atoms with van der Waals surface area (Å²) in [6, 6.07) is 9.08. The van der Waals surface area contributed by atoms with Gasteiger partial charge >= 0.3 is 0 Å². The van der Waals surface area contributed by atoms with E-state index < -0.39 is 0 Å². The van der Waals surface area contributed by atoms with Crippen molar-refractivity contribution in [3.05, 3.63) is 51.0 Å². The molecule has 26 heavy (non-hydrogen) atoms. The van der Waals surface area contributed by atoms with Crippen LogP contribution in [0.1, 0.15) is 24.1 Å². The number of ether oxygens (including phenoxy) is 3. The summed E-state index contributed by atoms with van der Waals surface area (Å²) in [4.78, 5) is 12.2. The van der Waals surface area contributed by atoms with Gasteiger partial charge in [-0.05, 0) is 49.2 Å². The first-order chi connectivity index (χ1) is 12.4. The molecule has 0 fully saturated rings. The second-order valence-electron chi connectivity index (χ2n) is 6.01. The van der Waals surface area contributed by atoms with E-state index in [0.717, 1.165) is 21.3 Å². The first-order valence-corrected chi connectivity index (χ1v) is 9.38. The second kappa shape index (κ2) is 8.18. The van der Waals surface area contributed by atoms with Gasteiger partial charge in [-0.2, -0.15) is 0 Å². The Morgan fingerprint density at radius 3 is 2.73 bits per heavy atom. The highest BCUT2D eigenvalue weighted by atomic mass is 79.9. The van der Waals surface area contributed by atoms with Gasteiger partial charge in [0.2, 0.25) is 0 Å². The fourth-order valence-corrected chi connectivity index (χ4v) is 3.73. The van der Waals surface area contributed by atoms with Crippen LogP contribution in [-0.2, 0) is 4.79 Å². The molecular weight excluding hydrogens is 422 g/mol. The first kappa shape index (κ1) is 18.9. The van der Waals surface area contributed by atoms with Crippen LogP contribution in [-0.4, -0.2) is 25.7 Å². The summed E-state index contributed by atoms with van der Waals surface area (Å²) < 4.78 is 17.6. The summed E-state index contributed by atoms with van der Waals surface area (Å²) in [6.07, 6.45) is 0. The van der Waals surface area contributed by atoms with Crippen LogP contribution < -0.4 is 19.5 Å². The molecule has 5 nitrogen and oxygen atoms in total. The number of carbonyl (C=O) groups excluding carboxylic acids is 1. The molecule has 0 spiro atoms. The van der Waals surface area contributed by atoms with Gasteiger partial charge in [-0.25, -0.2) is 0 Å². The zero-order valence-corrected chi connectivity index (χ0v) is 16.8. The summed E-state index contributed by atoms with van der Waals surface area (Å²) in [6.45, 7) is 4.74. The molecule has 138 valence electrons. The molecule has 0 unspecified atom stereocenters. The molecule has 0 aliphatic carbocycles. The molecule has 0 saturated heterocycles. The SMILES string of the molecule is Cc1cc(Br)cc(Cl)c1OCC(=O)N[C@@H](C)c1ccc2c(c1)OCCO2. The summed E-state index contributed by atoms with van der Waals surface area (Å²) >= 11 is 9.55. The topological polar surface area (TPSA) is 56.8 Å². The maximum Gasteiger partial charge on any atom is 0.258 e. The van der Waals surface area contributed by atoms with Gasteiger partial charge in [0.15, 0.2) is 18.1 Å². The highest BCUT2D eigenvalue weighted by Gasteiger charge is 2.16. The van der Waals surface area contributed by atoms with Gasteiger partial charge < -0.3 is 19.5 Å². The molecule has 1 aliphatic rings. The van der Waals surface area contributed by atoms with Crippen molar-refractivity contribution >= 4 is 33.4 Å². The molecule has 0 radical (unpaired) electrons. The molecule has 1 amide bonds. The monoisotopic (exact) mass is 439 g/mol. The molecule has 0 aromatic heterocycles. The minimum atomic E-state index is -0.231. The van der Waals surface area contributed by atoms with Gasteiger partial charge in [0, 0.05) is 4.47 Å². The van der Waals surface area contributed by atoms with Gasteiger partial charge in [-0.3, -0.25) is 4.79 Å². The molecule has 3 rings (SSSR count). The summed E-state index contributed by atoms with van der Waals surface area (Å²) in [7, 11) is 0. The zero-order chi connectivity index (χ0) is 18.7. The highest BCUT2D eigenvalue weighted by molar-refractivity contribution is 9.10. The van der Waals surface area contributed by atoms with Gasteiger partial charge in [0.25, 0.3) is 5.91 Å². The first-order valence-electron chi connectivity index (χ1n) is 8.21. The van der Waals surface area contributed by atoms with Crippen molar-refractivity contribution in [2.45, 2.75) is 19.9 Å². The van der Waals surface area contributed by atoms with Crippen LogP contribution in [0.25, 0.3) is 0 Å². The zero-order valence-electron chi connectivity index (χ0n) is 14.5. The van der Waals surface area contributed by atoms with E-state index in [1.165, 1.54) is 0 Å². The highest BCUT2D eigenvalue weighted by Crippen LogP contribution is 2.33. The predicted molar refractivity (Wildman–Crippen MR) is 103 cm³/mol. The van der Waals surface area contributed by atoms with E-state index in [2.05, 4.69) is 21.2 Å². The van der Waals surface area contributed by atoms with Crippen LogP contribution in [0.2, 0.25) is 5.02 Å². The maximum absolute atomic E-state index is 12.2. The van der Waals surface area contributed by atoms with E-state index in [0.29, 0.717) is 29.7 Å². The molecule has 1 heterocycles. The van der Waals surface area contributed by atoms with Crippen molar-refractivity contribution in [2.24, 2.45) is 0 Å². The molecule has 1 N–H and O–H groups in total. The molecular formula is C19H19BrClNO4. The number of aryl methyl sites for hydroxylation is 1. The van der Waals surface area contributed by atoms with Crippen LogP contribution in [0, 0.1) is 6.92 Å². The van der Waals surface area contributed by atoms with E-state index in [1.807, 2.05) is 38.1 Å². The van der Waals surface area contributed by atoms with Crippen molar-refractivity contribution in [3.63, 3.8) is 0 Å². The standard InChI is InChI=1S/C19H19BrClNO4/c1-11-7-14(20)9-15(21)19(11)26-10-18(23)22-12(2)13-3-4-16-17(8-13)25-6-5-24-16/h3-4,7-9,12H,5-6,10H2,1-2H3,(H,22,23)/t12-/m0/s1. The molecule has 0 bridgehead atoms. The van der Waals surface area contributed by atoms with E-state index in [9.17, 15) is 4.79 Å². The molecule has 1 atom stereocenters. The van der Waals surface area contributed by atoms with Crippen LogP contribution in [0.15, 0.2) is 34.8 Å². The number of fused-ring (bicyclic) bond motifs is 1. The van der Waals surface area contributed by atoms with E-state index in [1.54, 1.807) is 6.07 Å². The lowest BCUT2D eigenvalue weighted by Gasteiger charge is -2.21. The lowest BCUT2D eigenvalue weighted by atomic mass is 10.1. The predicted octanol–water partition coefficient (Wildman–Crippen LogP) is 4.44. The number of hydrogen-bond donors (Lipinski definition) is 1. The summed E-state index contributed by atoms with van der Waals surface area (Å²) in [5.74, 6) is 1.70. The van der Waals surface area contributed by atoms with Crippen molar-refractivity contribution in [1.29, 1.82) is 0 Å². The van der Waals surface area contributed by atoms with Crippen LogP contribution >= 0.6 is 27.5 Å². The third-order valence-corrected chi connectivity index (χ3v) is 4.72. The normalized spacial score (nSPS) is 13.8. The maximum atomic E-state index is 12.2. The minimum absolute atomic E-state index is 0.114. The molecule has 2 aromatic carbocycles. The smallest absolute Gasteiger partial charge is 0.258 e. The third kappa shape index (κ3) is 4.43. The lowest BCUT2D eigenvalue weighted by molar-refractivity contribution is -0.123. The van der Waals surface area contributed by atoms with E-state index >= 15 is 0 Å². The molecule has 0 saturated carbocycles. The molecule has 1 aliphatic heterocycles. The van der Waals surface area contributed by atoms with Crippen LogP contribution in [0.3, 0.4) is 0 Å². The van der Waals surface area contributed by atoms with Crippen molar-refractivity contribution < 1.29 is 19.0 Å². The Kier molecular flexibility index (Phi) is 5.94. The largest absolute Gasteiger partial charge is 0.486 e. The summed E-state index contributed by atoms with van der Waals surface area (Å²) in [5, 5.41) is 3.37. The lowest BCUT2D eigenvalue weighted by Crippen LogP contribution is -2.31. The fraction of sp³-hybridized carbons (Fsp3) is 0.316. The Hall–Kier alpha value is -1.92. The number of benzene rings is 2. The average molecular weight is 441 g/mol. The van der Waals surface area contributed by atoms with Crippen molar-refractivity contribution in [1.82, 2.24) is 5.32 Å². The fourth-order valence-electron chi connectivity index (χ4n) is 2.71. The Morgan fingerprint density at radius 1 is 1.27 bits per heavy atom. The van der Waals surface area contributed by atoms with E-state index in [-0.39, 0.29) is 18.6 Å². The number of amides is 1. The van der Waals surface area contributed by atoms with Crippen LogP contribution in [0.4, 0.5) is 0 Å². The number of halogens is 2. The number of nitrogens with one attached hydrogen (secondary N) is 1.